The van der Waals surface area contributed by atoms with Gasteiger partial charge in [-0.15, -0.1) is 0 Å². The Morgan fingerprint density at radius 2 is 1.78 bits per heavy atom. The first kappa shape index (κ1) is 24.5. The Hall–Kier alpha value is -2.12. The largest absolute Gasteiger partial charge is 0.493 e. The van der Waals surface area contributed by atoms with Gasteiger partial charge >= 0.3 is 0 Å². The fraction of sp³-hybridized carbons (Fsp3) is 0.538. The van der Waals surface area contributed by atoms with Crippen molar-refractivity contribution in [3.05, 3.63) is 59.7 Å². The molecule has 3 rings (SSSR count). The first-order chi connectivity index (χ1) is 15.5. The van der Waals surface area contributed by atoms with E-state index in [9.17, 15) is 10.2 Å². The quantitative estimate of drug-likeness (QED) is 0.468. The van der Waals surface area contributed by atoms with Crippen LogP contribution in [0.2, 0.25) is 0 Å². The molecule has 1 atom stereocenters. The van der Waals surface area contributed by atoms with Gasteiger partial charge in [0.1, 0.15) is 12.7 Å². The molecule has 0 heterocycles. The Morgan fingerprint density at radius 1 is 1.03 bits per heavy atom. The molecule has 3 N–H and O–H groups in total. The third-order valence-corrected chi connectivity index (χ3v) is 6.04. The Labute approximate surface area is 192 Å². The summed E-state index contributed by atoms with van der Waals surface area (Å²) in [6.45, 7) is 2.71. The molecule has 0 saturated heterocycles. The average molecular weight is 443 g/mol. The monoisotopic (exact) mass is 442 g/mol. The van der Waals surface area contributed by atoms with E-state index < -0.39 is 11.7 Å². The SMILES string of the molecule is COc1ccc(CNCC2(O)CCCCC2)cc1OC[C@H](O)CN(C)Cc1ccccc1. The van der Waals surface area contributed by atoms with Crippen molar-refractivity contribution in [1.82, 2.24) is 10.2 Å². The number of nitrogens with zero attached hydrogens (tertiary/aromatic N) is 1. The maximum Gasteiger partial charge on any atom is 0.161 e. The van der Waals surface area contributed by atoms with Gasteiger partial charge in [0.15, 0.2) is 11.5 Å². The normalized spacial score (nSPS) is 16.7. The standard InChI is InChI=1S/C26H38N2O4/c1-28(17-21-9-5-3-6-10-21)18-23(29)19-32-25-15-22(11-12-24(25)31-2)16-27-20-26(30)13-7-4-8-14-26/h3,5-6,9-12,15,23,27,29-30H,4,7-8,13-14,16-20H2,1-2H3/t23-/m1/s1. The van der Waals surface area contributed by atoms with Crippen LogP contribution in [0.15, 0.2) is 48.5 Å². The van der Waals surface area contributed by atoms with Gasteiger partial charge in [0.25, 0.3) is 0 Å². The van der Waals surface area contributed by atoms with Crippen LogP contribution in [0.25, 0.3) is 0 Å². The maximum atomic E-state index is 10.7. The Kier molecular flexibility index (Phi) is 9.36. The number of aliphatic hydroxyl groups excluding tert-OH is 1. The molecule has 0 bridgehead atoms. The number of ether oxygens (including phenoxy) is 2. The molecule has 0 aromatic heterocycles. The lowest BCUT2D eigenvalue weighted by Crippen LogP contribution is -2.41. The fourth-order valence-electron chi connectivity index (χ4n) is 4.33. The third-order valence-electron chi connectivity index (χ3n) is 6.04. The zero-order valence-corrected chi connectivity index (χ0v) is 19.4. The summed E-state index contributed by atoms with van der Waals surface area (Å²) >= 11 is 0. The number of likely N-dealkylation sites (N-methyl/N-ethyl adjacent to an activating group) is 1. The fourth-order valence-corrected chi connectivity index (χ4v) is 4.33. The second-order valence-electron chi connectivity index (χ2n) is 9.02. The van der Waals surface area contributed by atoms with Crippen molar-refractivity contribution in [1.29, 1.82) is 0 Å². The predicted molar refractivity (Wildman–Crippen MR) is 127 cm³/mol. The van der Waals surface area contributed by atoms with Crippen LogP contribution in [0.1, 0.15) is 43.2 Å². The van der Waals surface area contributed by atoms with Crippen molar-refractivity contribution >= 4 is 0 Å². The van der Waals surface area contributed by atoms with Crippen LogP contribution in [0, 0.1) is 0 Å². The molecule has 0 radical (unpaired) electrons. The van der Waals surface area contributed by atoms with Crippen LogP contribution in [0.3, 0.4) is 0 Å². The molecule has 176 valence electrons. The van der Waals surface area contributed by atoms with Gasteiger partial charge in [-0.3, -0.25) is 4.90 Å². The lowest BCUT2D eigenvalue weighted by Gasteiger charge is -2.32. The number of benzene rings is 2. The highest BCUT2D eigenvalue weighted by Gasteiger charge is 2.28. The van der Waals surface area contributed by atoms with Gasteiger partial charge in [-0.25, -0.2) is 0 Å². The summed E-state index contributed by atoms with van der Waals surface area (Å²) in [5, 5.41) is 24.5. The number of hydrogen-bond donors (Lipinski definition) is 3. The first-order valence-corrected chi connectivity index (χ1v) is 11.6. The van der Waals surface area contributed by atoms with Crippen LogP contribution in [-0.4, -0.2) is 60.7 Å². The highest BCUT2D eigenvalue weighted by atomic mass is 16.5. The molecule has 0 aliphatic heterocycles. The maximum absolute atomic E-state index is 10.7. The summed E-state index contributed by atoms with van der Waals surface area (Å²) in [6.07, 6.45) is 4.54. The van der Waals surface area contributed by atoms with E-state index in [1.165, 1.54) is 12.0 Å². The smallest absolute Gasteiger partial charge is 0.161 e. The number of hydrogen-bond acceptors (Lipinski definition) is 6. The summed E-state index contributed by atoms with van der Waals surface area (Å²) in [7, 11) is 3.60. The molecule has 1 aliphatic carbocycles. The van der Waals surface area contributed by atoms with E-state index in [1.54, 1.807) is 7.11 Å². The van der Waals surface area contributed by atoms with Gasteiger partial charge in [-0.05, 0) is 43.1 Å². The zero-order valence-electron chi connectivity index (χ0n) is 19.4. The second kappa shape index (κ2) is 12.2. The molecule has 32 heavy (non-hydrogen) atoms. The minimum atomic E-state index is -0.615. The molecule has 2 aromatic carbocycles. The molecule has 1 saturated carbocycles. The van der Waals surface area contributed by atoms with Crippen molar-refractivity contribution < 1.29 is 19.7 Å². The van der Waals surface area contributed by atoms with Crippen molar-refractivity contribution in [3.63, 3.8) is 0 Å². The minimum Gasteiger partial charge on any atom is -0.493 e. The second-order valence-corrected chi connectivity index (χ2v) is 9.02. The molecule has 6 heteroatoms. The van der Waals surface area contributed by atoms with Crippen LogP contribution in [0.5, 0.6) is 11.5 Å². The first-order valence-electron chi connectivity index (χ1n) is 11.6. The molecule has 1 aliphatic rings. The van der Waals surface area contributed by atoms with E-state index in [2.05, 4.69) is 22.3 Å². The zero-order chi connectivity index (χ0) is 22.8. The summed E-state index contributed by atoms with van der Waals surface area (Å²) < 4.78 is 11.3. The number of methoxy groups -OCH3 is 1. The van der Waals surface area contributed by atoms with E-state index in [-0.39, 0.29) is 6.61 Å². The molecule has 1 fully saturated rings. The van der Waals surface area contributed by atoms with Crippen LogP contribution in [0.4, 0.5) is 0 Å². The Bertz CT molecular complexity index is 809. The van der Waals surface area contributed by atoms with Crippen LogP contribution in [-0.2, 0) is 13.1 Å². The van der Waals surface area contributed by atoms with Gasteiger partial charge in [0.2, 0.25) is 0 Å². The van der Waals surface area contributed by atoms with Crippen molar-refractivity contribution in [3.8, 4) is 11.5 Å². The molecular weight excluding hydrogens is 404 g/mol. The summed E-state index contributed by atoms with van der Waals surface area (Å²) in [4.78, 5) is 2.08. The predicted octanol–water partition coefficient (Wildman–Crippen LogP) is 3.35. The number of rotatable bonds is 12. The van der Waals surface area contributed by atoms with E-state index in [0.717, 1.165) is 37.8 Å². The average Bonchev–Trinajstić information content (AvgIpc) is 2.79. The van der Waals surface area contributed by atoms with Gasteiger partial charge in [-0.2, -0.15) is 0 Å². The van der Waals surface area contributed by atoms with Crippen molar-refractivity contribution in [2.24, 2.45) is 0 Å². The molecule has 2 aromatic rings. The summed E-state index contributed by atoms with van der Waals surface area (Å²) in [5.74, 6) is 1.26. The van der Waals surface area contributed by atoms with E-state index in [0.29, 0.717) is 31.1 Å². The Morgan fingerprint density at radius 3 is 2.50 bits per heavy atom. The summed E-state index contributed by atoms with van der Waals surface area (Å²) in [5.41, 5.74) is 1.68. The highest BCUT2D eigenvalue weighted by Crippen LogP contribution is 2.29. The van der Waals surface area contributed by atoms with Crippen molar-refractivity contribution in [2.75, 3.05) is 33.9 Å². The van der Waals surface area contributed by atoms with Gasteiger partial charge in [-0.1, -0.05) is 55.7 Å². The van der Waals surface area contributed by atoms with E-state index >= 15 is 0 Å². The lowest BCUT2D eigenvalue weighted by atomic mass is 9.85. The molecule has 0 amide bonds. The third kappa shape index (κ3) is 7.78. The topological polar surface area (TPSA) is 74.2 Å². The molecule has 0 unspecified atom stereocenters. The molecular formula is C26H38N2O4. The van der Waals surface area contributed by atoms with Crippen LogP contribution < -0.4 is 14.8 Å². The Balaban J connectivity index is 1.48. The van der Waals surface area contributed by atoms with E-state index in [1.807, 2.05) is 43.4 Å². The summed E-state index contributed by atoms with van der Waals surface area (Å²) in [6, 6.07) is 16.0. The minimum absolute atomic E-state index is 0.187. The van der Waals surface area contributed by atoms with Crippen molar-refractivity contribution in [2.45, 2.75) is 56.9 Å². The lowest BCUT2D eigenvalue weighted by molar-refractivity contribution is 0.00467. The van der Waals surface area contributed by atoms with E-state index in [4.69, 9.17) is 9.47 Å². The highest BCUT2D eigenvalue weighted by molar-refractivity contribution is 5.43. The number of nitrogens with one attached hydrogen (secondary N) is 1. The van der Waals surface area contributed by atoms with Crippen LogP contribution >= 0.6 is 0 Å². The van der Waals surface area contributed by atoms with Gasteiger partial charge in [0, 0.05) is 26.2 Å². The molecule has 6 nitrogen and oxygen atoms in total. The van der Waals surface area contributed by atoms with Gasteiger partial charge < -0.3 is 25.0 Å². The van der Waals surface area contributed by atoms with Gasteiger partial charge in [0.05, 0.1) is 12.7 Å². The molecule has 0 spiro atoms. The number of aliphatic hydroxyl groups is 2.